The van der Waals surface area contributed by atoms with Crippen molar-refractivity contribution in [1.82, 2.24) is 4.90 Å². The predicted octanol–water partition coefficient (Wildman–Crippen LogP) is 3.24. The first-order valence-corrected chi connectivity index (χ1v) is 7.79. The van der Waals surface area contributed by atoms with Crippen LogP contribution in [-0.2, 0) is 16.0 Å². The Morgan fingerprint density at radius 2 is 1.74 bits per heavy atom. The molecule has 2 rings (SSSR count). The number of likely N-dealkylation sites (tertiary alicyclic amines) is 1. The molecule has 1 aromatic rings. The fraction of sp³-hybridized carbons (Fsp3) is 0.500. The van der Waals surface area contributed by atoms with E-state index in [2.05, 4.69) is 4.74 Å². The second-order valence-electron chi connectivity index (χ2n) is 6.05. The molecule has 1 fully saturated rings. The molecule has 1 heterocycles. The lowest BCUT2D eigenvalue weighted by atomic mass is 9.96. The molecule has 5 nitrogen and oxygen atoms in total. The molecule has 150 valence electrons. The lowest BCUT2D eigenvalue weighted by Crippen LogP contribution is -2.34. The molecule has 27 heavy (non-hydrogen) atoms. The highest BCUT2D eigenvalue weighted by molar-refractivity contribution is 5.79. The van der Waals surface area contributed by atoms with Gasteiger partial charge >= 0.3 is 18.5 Å². The third-order valence-corrected chi connectivity index (χ3v) is 4.22. The summed E-state index contributed by atoms with van der Waals surface area (Å²) in [6.07, 6.45) is -10.3. The Labute approximate surface area is 149 Å². The normalized spacial score (nSPS) is 20.6. The van der Waals surface area contributed by atoms with Gasteiger partial charge in [0.05, 0.1) is 11.8 Å². The molecule has 1 aliphatic heterocycles. The number of hydrogen-bond donors (Lipinski definition) is 1. The van der Waals surface area contributed by atoms with E-state index in [1.165, 1.54) is 18.2 Å². The Morgan fingerprint density at radius 1 is 1.11 bits per heavy atom. The van der Waals surface area contributed by atoms with E-state index in [9.17, 15) is 35.9 Å². The summed E-state index contributed by atoms with van der Waals surface area (Å²) in [5.41, 5.74) is 0.0597. The van der Waals surface area contributed by atoms with Crippen molar-refractivity contribution >= 4 is 11.9 Å². The third kappa shape index (κ3) is 5.51. The summed E-state index contributed by atoms with van der Waals surface area (Å²) in [7, 11) is 0. The van der Waals surface area contributed by atoms with E-state index in [1.54, 1.807) is 0 Å². The first kappa shape index (κ1) is 20.8. The molecule has 1 aliphatic rings. The van der Waals surface area contributed by atoms with E-state index < -0.39 is 55.1 Å². The zero-order valence-electron chi connectivity index (χ0n) is 13.7. The number of carbonyl (C=O) groups is 2. The van der Waals surface area contributed by atoms with E-state index in [1.807, 2.05) is 0 Å². The minimum Gasteiger partial charge on any atom is -0.481 e. The summed E-state index contributed by atoms with van der Waals surface area (Å²) in [4.78, 5) is 24.0. The summed E-state index contributed by atoms with van der Waals surface area (Å²) in [5, 5.41) is 8.94. The van der Waals surface area contributed by atoms with Crippen molar-refractivity contribution in [2.24, 2.45) is 11.8 Å². The van der Waals surface area contributed by atoms with Gasteiger partial charge in [-0.05, 0) is 18.1 Å². The van der Waals surface area contributed by atoms with Gasteiger partial charge in [0, 0.05) is 19.5 Å². The number of halogens is 6. The van der Waals surface area contributed by atoms with Crippen LogP contribution in [0.2, 0.25) is 0 Å². The van der Waals surface area contributed by atoms with Gasteiger partial charge in [-0.1, -0.05) is 18.2 Å². The highest BCUT2D eigenvalue weighted by atomic mass is 19.4. The molecule has 0 radical (unpaired) electrons. The summed E-state index contributed by atoms with van der Waals surface area (Å²) in [6.45, 7) is -1.39. The van der Waals surface area contributed by atoms with Crippen LogP contribution in [0, 0.1) is 11.8 Å². The lowest BCUT2D eigenvalue weighted by Gasteiger charge is -2.18. The van der Waals surface area contributed by atoms with Crippen molar-refractivity contribution < 1.29 is 45.8 Å². The molecule has 1 amide bonds. The largest absolute Gasteiger partial charge is 0.573 e. The van der Waals surface area contributed by atoms with Gasteiger partial charge in [0.15, 0.2) is 0 Å². The maximum atomic E-state index is 12.9. The SMILES string of the molecule is O=C(O)[C@@H]1CN(C(=O)CCc2ccccc2OC(F)(F)F)C[C@H]1C(F)(F)F. The van der Waals surface area contributed by atoms with Crippen LogP contribution >= 0.6 is 0 Å². The van der Waals surface area contributed by atoms with E-state index in [-0.39, 0.29) is 18.4 Å². The smallest absolute Gasteiger partial charge is 0.481 e. The molecule has 0 unspecified atom stereocenters. The van der Waals surface area contributed by atoms with Crippen LogP contribution in [0.5, 0.6) is 5.75 Å². The number of alkyl halides is 6. The number of aliphatic carboxylic acids is 1. The van der Waals surface area contributed by atoms with Crippen molar-refractivity contribution in [2.45, 2.75) is 25.4 Å². The number of benzene rings is 1. The first-order valence-electron chi connectivity index (χ1n) is 7.79. The van der Waals surface area contributed by atoms with Gasteiger partial charge in [0.25, 0.3) is 0 Å². The maximum Gasteiger partial charge on any atom is 0.573 e. The van der Waals surface area contributed by atoms with Gasteiger partial charge in [-0.15, -0.1) is 13.2 Å². The Kier molecular flexibility index (Phi) is 5.91. The first-order chi connectivity index (χ1) is 12.4. The molecule has 11 heteroatoms. The van der Waals surface area contributed by atoms with Crippen LogP contribution in [0.15, 0.2) is 24.3 Å². The predicted molar refractivity (Wildman–Crippen MR) is 78.7 cm³/mol. The van der Waals surface area contributed by atoms with Gasteiger partial charge in [-0.25, -0.2) is 0 Å². The van der Waals surface area contributed by atoms with Crippen molar-refractivity contribution in [3.63, 3.8) is 0 Å². The average Bonchev–Trinajstić information content (AvgIpc) is 2.98. The molecule has 0 aliphatic carbocycles. The van der Waals surface area contributed by atoms with Crippen LogP contribution in [0.4, 0.5) is 26.3 Å². The minimum absolute atomic E-state index is 0.0597. The Balaban J connectivity index is 2.04. The monoisotopic (exact) mass is 399 g/mol. The number of ether oxygens (including phenoxy) is 1. The molecule has 2 atom stereocenters. The average molecular weight is 399 g/mol. The number of nitrogens with zero attached hydrogens (tertiary/aromatic N) is 1. The van der Waals surface area contributed by atoms with Crippen LogP contribution in [0.25, 0.3) is 0 Å². The second kappa shape index (κ2) is 7.65. The molecular formula is C16H15F6NO4. The van der Waals surface area contributed by atoms with Crippen molar-refractivity contribution in [3.05, 3.63) is 29.8 Å². The highest BCUT2D eigenvalue weighted by Gasteiger charge is 2.53. The van der Waals surface area contributed by atoms with Gasteiger partial charge in [-0.2, -0.15) is 13.2 Å². The fourth-order valence-corrected chi connectivity index (χ4v) is 2.92. The lowest BCUT2D eigenvalue weighted by molar-refractivity contribution is -0.274. The number of hydrogen-bond acceptors (Lipinski definition) is 3. The van der Waals surface area contributed by atoms with Crippen molar-refractivity contribution in [3.8, 4) is 5.75 Å². The van der Waals surface area contributed by atoms with E-state index in [0.717, 1.165) is 11.0 Å². The highest BCUT2D eigenvalue weighted by Crippen LogP contribution is 2.38. The molecule has 1 N–H and O–H groups in total. The Morgan fingerprint density at radius 3 is 2.26 bits per heavy atom. The summed E-state index contributed by atoms with van der Waals surface area (Å²) < 4.78 is 79.8. The van der Waals surface area contributed by atoms with Gasteiger partial charge in [0.1, 0.15) is 5.75 Å². The van der Waals surface area contributed by atoms with Crippen LogP contribution < -0.4 is 4.74 Å². The van der Waals surface area contributed by atoms with Crippen LogP contribution in [0.1, 0.15) is 12.0 Å². The number of carboxylic acids is 1. The van der Waals surface area contributed by atoms with Crippen molar-refractivity contribution in [1.29, 1.82) is 0 Å². The molecule has 0 spiro atoms. The Bertz CT molecular complexity index is 703. The number of aryl methyl sites for hydroxylation is 1. The standard InChI is InChI=1S/C16H15F6NO4/c17-15(18,19)11-8-23(7-10(11)14(25)26)13(24)6-5-9-3-1-2-4-12(9)27-16(20,21)22/h1-4,10-11H,5-8H2,(H,25,26)/t10-,11-/m1/s1. The number of rotatable bonds is 5. The molecule has 1 saturated heterocycles. The zero-order chi connectivity index (χ0) is 20.4. The minimum atomic E-state index is -4.93. The van der Waals surface area contributed by atoms with Gasteiger partial charge in [0.2, 0.25) is 5.91 Å². The van der Waals surface area contributed by atoms with E-state index >= 15 is 0 Å². The fourth-order valence-electron chi connectivity index (χ4n) is 2.92. The van der Waals surface area contributed by atoms with Crippen molar-refractivity contribution in [2.75, 3.05) is 13.1 Å². The molecular weight excluding hydrogens is 384 g/mol. The van der Waals surface area contributed by atoms with Gasteiger partial charge in [-0.3, -0.25) is 9.59 Å². The summed E-state index contributed by atoms with van der Waals surface area (Å²) in [5.74, 6) is -6.88. The number of carbonyl (C=O) groups excluding carboxylic acids is 1. The van der Waals surface area contributed by atoms with Crippen LogP contribution in [-0.4, -0.2) is 47.5 Å². The molecule has 0 aromatic heterocycles. The third-order valence-electron chi connectivity index (χ3n) is 4.22. The maximum absolute atomic E-state index is 12.9. The molecule has 0 saturated carbocycles. The number of para-hydroxylation sites is 1. The number of carboxylic acid groups (broad SMARTS) is 1. The quantitative estimate of drug-likeness (QED) is 0.773. The zero-order valence-corrected chi connectivity index (χ0v) is 13.7. The molecule has 0 bridgehead atoms. The van der Waals surface area contributed by atoms with Gasteiger partial charge < -0.3 is 14.7 Å². The topological polar surface area (TPSA) is 66.8 Å². The van der Waals surface area contributed by atoms with E-state index in [0.29, 0.717) is 0 Å². The summed E-state index contributed by atoms with van der Waals surface area (Å²) in [6, 6.07) is 5.09. The Hall–Kier alpha value is -2.46. The number of amides is 1. The van der Waals surface area contributed by atoms with Crippen LogP contribution in [0.3, 0.4) is 0 Å². The summed E-state index contributed by atoms with van der Waals surface area (Å²) >= 11 is 0. The van der Waals surface area contributed by atoms with E-state index in [4.69, 9.17) is 5.11 Å². The second-order valence-corrected chi connectivity index (χ2v) is 6.05. The molecule has 1 aromatic carbocycles.